The number of carbonyl (C=O) groups is 1. The number of nitrogens with zero attached hydrogens (tertiary/aromatic N) is 6. The fourth-order valence-electron chi connectivity index (χ4n) is 4.50. The van der Waals surface area contributed by atoms with E-state index in [1.54, 1.807) is 6.08 Å². The Morgan fingerprint density at radius 2 is 1.74 bits per heavy atom. The number of nitrogens with one attached hydrogen (secondary N) is 3. The zero-order chi connectivity index (χ0) is 27.0. The lowest BCUT2D eigenvalue weighted by atomic mass is 10.2. The van der Waals surface area contributed by atoms with Gasteiger partial charge in [0.1, 0.15) is 23.0 Å². The van der Waals surface area contributed by atoms with E-state index in [4.69, 9.17) is 9.72 Å². The van der Waals surface area contributed by atoms with Gasteiger partial charge in [-0.2, -0.15) is 4.98 Å². The summed E-state index contributed by atoms with van der Waals surface area (Å²) in [5.41, 5.74) is 2.36. The van der Waals surface area contributed by atoms with Gasteiger partial charge in [0.2, 0.25) is 5.95 Å². The van der Waals surface area contributed by atoms with Gasteiger partial charge < -0.3 is 35.4 Å². The summed E-state index contributed by atoms with van der Waals surface area (Å²) in [6, 6.07) is 14.0. The fourth-order valence-corrected chi connectivity index (χ4v) is 4.50. The van der Waals surface area contributed by atoms with Gasteiger partial charge in [0.15, 0.2) is 0 Å². The molecule has 0 aliphatic carbocycles. The van der Waals surface area contributed by atoms with Crippen molar-refractivity contribution in [1.82, 2.24) is 25.2 Å². The Morgan fingerprint density at radius 1 is 0.974 bits per heavy atom. The molecule has 39 heavy (non-hydrogen) atoms. The molecule has 204 valence electrons. The number of carbonyl (C=O) groups excluding carboxylic acids is 1. The first-order valence-electron chi connectivity index (χ1n) is 13.2. The zero-order valence-corrected chi connectivity index (χ0v) is 22.3. The highest BCUT2D eigenvalue weighted by Gasteiger charge is 2.18. The van der Waals surface area contributed by atoms with E-state index in [1.807, 2.05) is 30.3 Å². The van der Waals surface area contributed by atoms with Crippen LogP contribution in [0.4, 0.5) is 34.8 Å². The predicted molar refractivity (Wildman–Crippen MR) is 155 cm³/mol. The largest absolute Gasteiger partial charge is 0.378 e. The fraction of sp³-hybridized carbons (Fsp3) is 0.357. The molecule has 0 radical (unpaired) electrons. The lowest BCUT2D eigenvalue weighted by Gasteiger charge is -2.34. The second kappa shape index (κ2) is 12.5. The maximum absolute atomic E-state index is 12.9. The third-order valence-electron chi connectivity index (χ3n) is 6.75. The van der Waals surface area contributed by atoms with Crippen LogP contribution in [0.2, 0.25) is 0 Å². The molecule has 0 saturated carbocycles. The minimum Gasteiger partial charge on any atom is -0.378 e. The molecule has 2 aliphatic rings. The molecule has 11 nitrogen and oxygen atoms in total. The van der Waals surface area contributed by atoms with Gasteiger partial charge in [0.05, 0.1) is 13.2 Å². The Hall–Kier alpha value is -4.22. The number of anilines is 6. The smallest absolute Gasteiger partial charge is 0.256 e. The molecule has 2 aliphatic heterocycles. The first kappa shape index (κ1) is 26.4. The van der Waals surface area contributed by atoms with Crippen molar-refractivity contribution in [2.45, 2.75) is 0 Å². The summed E-state index contributed by atoms with van der Waals surface area (Å²) >= 11 is 0. The highest BCUT2D eigenvalue weighted by Crippen LogP contribution is 2.24. The van der Waals surface area contributed by atoms with E-state index in [1.165, 1.54) is 11.9 Å². The number of aromatic nitrogens is 3. The highest BCUT2D eigenvalue weighted by atomic mass is 16.5. The number of rotatable bonds is 9. The summed E-state index contributed by atoms with van der Waals surface area (Å²) in [6.45, 7) is 11.0. The molecule has 0 spiro atoms. The first-order chi connectivity index (χ1) is 19.1. The van der Waals surface area contributed by atoms with Crippen molar-refractivity contribution in [3.8, 4) is 0 Å². The number of likely N-dealkylation sites (N-methyl/N-ethyl adjacent to an activating group) is 1. The van der Waals surface area contributed by atoms with E-state index < -0.39 is 0 Å². The summed E-state index contributed by atoms with van der Waals surface area (Å²) in [5.74, 6) is 1.85. The van der Waals surface area contributed by atoms with Gasteiger partial charge in [0.25, 0.3) is 5.91 Å². The predicted octanol–water partition coefficient (Wildman–Crippen LogP) is 2.86. The van der Waals surface area contributed by atoms with Crippen molar-refractivity contribution in [2.75, 3.05) is 86.5 Å². The van der Waals surface area contributed by atoms with Crippen molar-refractivity contribution >= 4 is 40.7 Å². The molecule has 1 aromatic carbocycles. The highest BCUT2D eigenvalue weighted by molar-refractivity contribution is 5.99. The van der Waals surface area contributed by atoms with E-state index in [2.05, 4.69) is 66.4 Å². The number of benzene rings is 1. The van der Waals surface area contributed by atoms with Crippen LogP contribution in [0.1, 0.15) is 10.4 Å². The maximum atomic E-state index is 12.9. The third kappa shape index (κ3) is 6.81. The lowest BCUT2D eigenvalue weighted by molar-refractivity contribution is 0.0958. The Balaban J connectivity index is 1.35. The topological polar surface area (TPSA) is 111 Å². The molecule has 3 N–H and O–H groups in total. The van der Waals surface area contributed by atoms with Crippen molar-refractivity contribution in [2.24, 2.45) is 0 Å². The maximum Gasteiger partial charge on any atom is 0.256 e. The van der Waals surface area contributed by atoms with Gasteiger partial charge in [-0.1, -0.05) is 12.1 Å². The summed E-state index contributed by atoms with van der Waals surface area (Å²) in [4.78, 5) is 33.6. The Kier molecular flexibility index (Phi) is 8.49. The van der Waals surface area contributed by atoms with E-state index in [0.29, 0.717) is 42.9 Å². The Morgan fingerprint density at radius 3 is 2.49 bits per heavy atom. The summed E-state index contributed by atoms with van der Waals surface area (Å²) in [6.07, 6.45) is 3.14. The summed E-state index contributed by atoms with van der Waals surface area (Å²) < 4.78 is 5.46. The lowest BCUT2D eigenvalue weighted by Crippen LogP contribution is -2.44. The molecule has 3 aromatic rings. The second-order valence-electron chi connectivity index (χ2n) is 9.52. The van der Waals surface area contributed by atoms with Crippen molar-refractivity contribution in [3.05, 3.63) is 66.9 Å². The van der Waals surface area contributed by atoms with E-state index in [0.717, 1.165) is 50.8 Å². The van der Waals surface area contributed by atoms with Crippen LogP contribution >= 0.6 is 0 Å². The van der Waals surface area contributed by atoms with Crippen LogP contribution < -0.4 is 25.8 Å². The number of hydrogen-bond acceptors (Lipinski definition) is 10. The number of morpholine rings is 1. The zero-order valence-electron chi connectivity index (χ0n) is 22.3. The van der Waals surface area contributed by atoms with E-state index in [9.17, 15) is 4.79 Å². The molecule has 4 heterocycles. The normalized spacial score (nSPS) is 16.0. The average molecular weight is 530 g/mol. The number of amides is 1. The molecule has 5 rings (SSSR count). The summed E-state index contributed by atoms with van der Waals surface area (Å²) in [7, 11) is 2.15. The number of hydrogen-bond donors (Lipinski definition) is 3. The standard InChI is InChI=1S/C28H35N9O2/c1-3-11-29-27(38)23-20-30-28(31-21-7-9-22(10-8-21)36-14-12-35(2)13-15-36)34-26(23)33-24-5-4-6-25(32-24)37-16-18-39-19-17-37/h3-10,20H,1,11-19H2,2H3,(H,29,38)(H2,30,31,32,33,34). The van der Waals surface area contributed by atoms with Crippen molar-refractivity contribution in [1.29, 1.82) is 0 Å². The van der Waals surface area contributed by atoms with Crippen LogP contribution in [0.3, 0.4) is 0 Å². The minimum absolute atomic E-state index is 0.301. The minimum atomic E-state index is -0.301. The molecular weight excluding hydrogens is 494 g/mol. The molecule has 0 bridgehead atoms. The van der Waals surface area contributed by atoms with Crippen LogP contribution in [0.15, 0.2) is 61.3 Å². The molecule has 0 unspecified atom stereocenters. The third-order valence-corrected chi connectivity index (χ3v) is 6.75. The van der Waals surface area contributed by atoms with E-state index >= 15 is 0 Å². The Labute approximate surface area is 228 Å². The summed E-state index contributed by atoms with van der Waals surface area (Å²) in [5, 5.41) is 9.29. The van der Waals surface area contributed by atoms with Crippen LogP contribution in [0.25, 0.3) is 0 Å². The molecule has 1 amide bonds. The molecule has 11 heteroatoms. The van der Waals surface area contributed by atoms with Crippen LogP contribution in [0.5, 0.6) is 0 Å². The molecule has 0 atom stereocenters. The Bertz CT molecular complexity index is 1270. The van der Waals surface area contributed by atoms with Gasteiger partial charge in [0, 0.05) is 63.4 Å². The number of ether oxygens (including phenoxy) is 1. The van der Waals surface area contributed by atoms with Gasteiger partial charge in [-0.25, -0.2) is 9.97 Å². The molecule has 2 saturated heterocycles. The van der Waals surface area contributed by atoms with Gasteiger partial charge in [-0.05, 0) is 43.4 Å². The number of pyridine rings is 1. The van der Waals surface area contributed by atoms with Gasteiger partial charge in [-0.15, -0.1) is 6.58 Å². The first-order valence-corrected chi connectivity index (χ1v) is 13.2. The SMILES string of the molecule is C=CCNC(=O)c1cnc(Nc2ccc(N3CCN(C)CC3)cc2)nc1Nc1cccc(N2CCOCC2)n1. The van der Waals surface area contributed by atoms with Crippen LogP contribution in [0, 0.1) is 0 Å². The molecule has 2 aromatic heterocycles. The molecular formula is C28H35N9O2. The van der Waals surface area contributed by atoms with Gasteiger partial charge in [-0.3, -0.25) is 4.79 Å². The van der Waals surface area contributed by atoms with Crippen molar-refractivity contribution < 1.29 is 9.53 Å². The average Bonchev–Trinajstić information content (AvgIpc) is 2.97. The quantitative estimate of drug-likeness (QED) is 0.358. The van der Waals surface area contributed by atoms with Crippen molar-refractivity contribution in [3.63, 3.8) is 0 Å². The van der Waals surface area contributed by atoms with Crippen LogP contribution in [-0.2, 0) is 4.74 Å². The second-order valence-corrected chi connectivity index (χ2v) is 9.52. The molecule has 2 fully saturated rings. The van der Waals surface area contributed by atoms with E-state index in [-0.39, 0.29) is 5.91 Å². The monoisotopic (exact) mass is 529 g/mol. The van der Waals surface area contributed by atoms with Crippen LogP contribution in [-0.4, -0.2) is 91.8 Å². The number of piperazine rings is 1. The van der Waals surface area contributed by atoms with Gasteiger partial charge >= 0.3 is 0 Å².